The van der Waals surface area contributed by atoms with E-state index in [1.807, 2.05) is 41.0 Å². The van der Waals surface area contributed by atoms with Gasteiger partial charge in [0.25, 0.3) is 0 Å². The van der Waals surface area contributed by atoms with Crippen molar-refractivity contribution in [1.29, 1.82) is 0 Å². The molecule has 0 saturated heterocycles. The van der Waals surface area contributed by atoms with Crippen LogP contribution in [0, 0.1) is 4.77 Å². The van der Waals surface area contributed by atoms with Crippen molar-refractivity contribution in [3.05, 3.63) is 64.7 Å². The fourth-order valence-corrected chi connectivity index (χ4v) is 2.88. The van der Waals surface area contributed by atoms with Crippen molar-refractivity contribution in [3.63, 3.8) is 0 Å². The van der Waals surface area contributed by atoms with Gasteiger partial charge in [-0.2, -0.15) is 5.10 Å². The summed E-state index contributed by atoms with van der Waals surface area (Å²) in [4.78, 5) is 0. The molecule has 1 heterocycles. The van der Waals surface area contributed by atoms with Gasteiger partial charge >= 0.3 is 0 Å². The van der Waals surface area contributed by atoms with E-state index >= 15 is 0 Å². The second-order valence-corrected chi connectivity index (χ2v) is 5.69. The zero-order chi connectivity index (χ0) is 16.9. The summed E-state index contributed by atoms with van der Waals surface area (Å²) >= 11 is 5.40. The van der Waals surface area contributed by atoms with E-state index in [1.165, 1.54) is 5.56 Å². The number of hydrogen-bond donors (Lipinski definition) is 1. The lowest BCUT2D eigenvalue weighted by atomic mass is 10.1. The van der Waals surface area contributed by atoms with Crippen molar-refractivity contribution in [2.24, 2.45) is 0 Å². The van der Waals surface area contributed by atoms with Gasteiger partial charge in [0.1, 0.15) is 5.82 Å². The average molecular weight is 341 g/mol. The Morgan fingerprint density at radius 3 is 2.46 bits per heavy atom. The predicted molar refractivity (Wildman–Crippen MR) is 95.7 cm³/mol. The maximum absolute atomic E-state index is 5.40. The summed E-state index contributed by atoms with van der Waals surface area (Å²) in [5, 5.41) is 7.26. The van der Waals surface area contributed by atoms with E-state index < -0.39 is 0 Å². The van der Waals surface area contributed by atoms with Gasteiger partial charge in [0.2, 0.25) is 0 Å². The van der Waals surface area contributed by atoms with Crippen LogP contribution in [-0.2, 0) is 12.8 Å². The highest BCUT2D eigenvalue weighted by Crippen LogP contribution is 2.29. The second-order valence-electron chi connectivity index (χ2n) is 5.31. The molecule has 0 bridgehead atoms. The second kappa shape index (κ2) is 7.31. The SMILES string of the molecule is COc1ccc(-n2c(CCc3ccccc3)n[nH]c2=S)cc1OC. The first-order valence-corrected chi connectivity index (χ1v) is 8.06. The van der Waals surface area contributed by atoms with E-state index in [-0.39, 0.29) is 0 Å². The molecule has 0 fully saturated rings. The molecular weight excluding hydrogens is 322 g/mol. The summed E-state index contributed by atoms with van der Waals surface area (Å²) in [7, 11) is 3.24. The molecule has 2 aromatic carbocycles. The molecule has 5 nitrogen and oxygen atoms in total. The molecule has 0 unspecified atom stereocenters. The van der Waals surface area contributed by atoms with Crippen LogP contribution in [0.4, 0.5) is 0 Å². The predicted octanol–water partition coefficient (Wildman–Crippen LogP) is 3.73. The molecule has 0 aliphatic carbocycles. The number of benzene rings is 2. The normalized spacial score (nSPS) is 10.6. The van der Waals surface area contributed by atoms with Crippen LogP contribution in [0.2, 0.25) is 0 Å². The Labute approximate surface area is 145 Å². The van der Waals surface area contributed by atoms with E-state index in [1.54, 1.807) is 14.2 Å². The van der Waals surface area contributed by atoms with Crippen LogP contribution in [0.5, 0.6) is 11.5 Å². The summed E-state index contributed by atoms with van der Waals surface area (Å²) in [5.41, 5.74) is 2.17. The van der Waals surface area contributed by atoms with E-state index in [9.17, 15) is 0 Å². The maximum Gasteiger partial charge on any atom is 0.199 e. The van der Waals surface area contributed by atoms with Crippen LogP contribution in [0.1, 0.15) is 11.4 Å². The van der Waals surface area contributed by atoms with Crippen molar-refractivity contribution >= 4 is 12.2 Å². The molecule has 0 radical (unpaired) electrons. The standard InChI is InChI=1S/C18H19N3O2S/c1-22-15-10-9-14(12-16(15)23-2)21-17(19-20-18(21)24)11-8-13-6-4-3-5-7-13/h3-7,9-10,12H,8,11H2,1-2H3,(H,20,24). The van der Waals surface area contributed by atoms with Gasteiger partial charge in [-0.25, -0.2) is 0 Å². The highest BCUT2D eigenvalue weighted by molar-refractivity contribution is 7.71. The maximum atomic E-state index is 5.40. The van der Waals surface area contributed by atoms with Crippen molar-refractivity contribution in [1.82, 2.24) is 14.8 Å². The summed E-state index contributed by atoms with van der Waals surface area (Å²) in [5.74, 6) is 2.23. The molecule has 0 atom stereocenters. The van der Waals surface area contributed by atoms with Gasteiger partial charge in [0, 0.05) is 12.5 Å². The fraction of sp³-hybridized carbons (Fsp3) is 0.222. The van der Waals surface area contributed by atoms with Gasteiger partial charge in [-0.1, -0.05) is 30.3 Å². The average Bonchev–Trinajstić information content (AvgIpc) is 3.00. The Morgan fingerprint density at radius 1 is 1.00 bits per heavy atom. The molecule has 0 saturated carbocycles. The lowest BCUT2D eigenvalue weighted by Gasteiger charge is -2.11. The van der Waals surface area contributed by atoms with E-state index in [0.29, 0.717) is 16.3 Å². The molecule has 1 aromatic heterocycles. The topological polar surface area (TPSA) is 52.1 Å². The van der Waals surface area contributed by atoms with Gasteiger partial charge in [0.05, 0.1) is 19.9 Å². The van der Waals surface area contributed by atoms with Crippen molar-refractivity contribution < 1.29 is 9.47 Å². The minimum absolute atomic E-state index is 0.560. The minimum atomic E-state index is 0.560. The third-order valence-electron chi connectivity index (χ3n) is 3.85. The summed E-state index contributed by atoms with van der Waals surface area (Å²) in [6.07, 6.45) is 1.68. The van der Waals surface area contributed by atoms with E-state index in [2.05, 4.69) is 22.3 Å². The Kier molecular flexibility index (Phi) is 4.96. The number of aryl methyl sites for hydroxylation is 2. The first kappa shape index (κ1) is 16.3. The van der Waals surface area contributed by atoms with Crippen molar-refractivity contribution in [2.45, 2.75) is 12.8 Å². The highest BCUT2D eigenvalue weighted by atomic mass is 32.1. The largest absolute Gasteiger partial charge is 0.493 e. The molecule has 3 rings (SSSR count). The monoisotopic (exact) mass is 341 g/mol. The Balaban J connectivity index is 1.91. The smallest absolute Gasteiger partial charge is 0.199 e. The number of nitrogens with zero attached hydrogens (tertiary/aromatic N) is 2. The number of nitrogens with one attached hydrogen (secondary N) is 1. The van der Waals surface area contributed by atoms with Gasteiger partial charge < -0.3 is 9.47 Å². The van der Waals surface area contributed by atoms with Gasteiger partial charge in [0.15, 0.2) is 16.3 Å². The summed E-state index contributed by atoms with van der Waals surface area (Å²) < 4.78 is 13.2. The number of methoxy groups -OCH3 is 2. The summed E-state index contributed by atoms with van der Waals surface area (Å²) in [6.45, 7) is 0. The van der Waals surface area contributed by atoms with Crippen molar-refractivity contribution in [2.75, 3.05) is 14.2 Å². The zero-order valence-electron chi connectivity index (χ0n) is 13.7. The van der Waals surface area contributed by atoms with Crippen LogP contribution in [0.15, 0.2) is 48.5 Å². The van der Waals surface area contributed by atoms with Gasteiger partial charge in [-0.05, 0) is 36.3 Å². The number of aromatic nitrogens is 3. The highest BCUT2D eigenvalue weighted by Gasteiger charge is 2.12. The quantitative estimate of drug-likeness (QED) is 0.694. The molecule has 0 aliphatic rings. The van der Waals surface area contributed by atoms with Gasteiger partial charge in [-0.15, -0.1) is 0 Å². The number of H-pyrrole nitrogens is 1. The third-order valence-corrected chi connectivity index (χ3v) is 4.12. The molecule has 0 aliphatic heterocycles. The number of hydrogen-bond acceptors (Lipinski definition) is 4. The molecule has 6 heteroatoms. The number of rotatable bonds is 6. The van der Waals surface area contributed by atoms with Crippen LogP contribution in [0.3, 0.4) is 0 Å². The number of ether oxygens (including phenoxy) is 2. The van der Waals surface area contributed by atoms with Crippen molar-refractivity contribution in [3.8, 4) is 17.2 Å². The minimum Gasteiger partial charge on any atom is -0.493 e. The molecule has 0 spiro atoms. The molecule has 3 aromatic rings. The lowest BCUT2D eigenvalue weighted by Crippen LogP contribution is -2.04. The summed E-state index contributed by atoms with van der Waals surface area (Å²) in [6, 6.07) is 16.0. The fourth-order valence-electron chi connectivity index (χ4n) is 2.63. The molecule has 0 amide bonds. The van der Waals surface area contributed by atoms with E-state index in [4.69, 9.17) is 21.7 Å². The van der Waals surface area contributed by atoms with Gasteiger partial charge in [-0.3, -0.25) is 9.67 Å². The first-order chi connectivity index (χ1) is 11.7. The zero-order valence-corrected chi connectivity index (χ0v) is 14.5. The Morgan fingerprint density at radius 2 is 1.75 bits per heavy atom. The Bertz CT molecular complexity index is 871. The van der Waals surface area contributed by atoms with E-state index in [0.717, 1.165) is 24.4 Å². The number of aromatic amines is 1. The Hall–Kier alpha value is -2.60. The molecule has 24 heavy (non-hydrogen) atoms. The van der Waals surface area contributed by atoms with Crippen LogP contribution in [-0.4, -0.2) is 29.0 Å². The molecular formula is C18H19N3O2S. The van der Waals surface area contributed by atoms with Crippen LogP contribution >= 0.6 is 12.2 Å². The third kappa shape index (κ3) is 3.33. The lowest BCUT2D eigenvalue weighted by molar-refractivity contribution is 0.355. The van der Waals surface area contributed by atoms with Crippen LogP contribution < -0.4 is 9.47 Å². The van der Waals surface area contributed by atoms with Crippen LogP contribution in [0.25, 0.3) is 5.69 Å². The first-order valence-electron chi connectivity index (χ1n) is 7.65. The molecule has 1 N–H and O–H groups in total. The molecule has 124 valence electrons.